The first-order valence-electron chi connectivity index (χ1n) is 9.23. The number of esters is 1. The lowest BCUT2D eigenvalue weighted by Gasteiger charge is -2.20. The molecule has 4 aromatic rings. The Labute approximate surface area is 170 Å². The molecule has 0 amide bonds. The fourth-order valence-corrected chi connectivity index (χ4v) is 3.54. The molecule has 4 aromatic heterocycles. The molecule has 0 radical (unpaired) electrons. The van der Waals surface area contributed by atoms with Crippen LogP contribution in [0.25, 0.3) is 33.5 Å². The number of nitrogens with one attached hydrogen (secondary N) is 1. The molecular formula is C20H19ClFN5O2. The van der Waals surface area contributed by atoms with E-state index in [0.717, 1.165) is 6.20 Å². The lowest BCUT2D eigenvalue weighted by atomic mass is 10.0. The fourth-order valence-electron chi connectivity index (χ4n) is 3.31. The standard InChI is InChI=1S/C20H19ClFN5O2/c1-4-29-20(28)10(2)11(3)27-9-16(21)15-8-25-18(26-19(15)27)14-7-24-17-13(14)5-12(22)6-23-17/h5-11H,4H2,1-3H3,(H,23,24)/t10-,11-/m0/s1. The van der Waals surface area contributed by atoms with Gasteiger partial charge in [0.2, 0.25) is 0 Å². The SMILES string of the molecule is CCOC(=O)[C@@H](C)[C@H](C)n1cc(Cl)c2cnc(-c3c[nH]c4ncc(F)cc34)nc21. The number of pyridine rings is 1. The minimum atomic E-state index is -0.442. The van der Waals surface area contributed by atoms with Gasteiger partial charge in [-0.25, -0.2) is 19.3 Å². The number of hydrogen-bond donors (Lipinski definition) is 1. The smallest absolute Gasteiger partial charge is 0.310 e. The molecule has 0 aromatic carbocycles. The highest BCUT2D eigenvalue weighted by molar-refractivity contribution is 6.35. The number of nitrogens with zero attached hydrogens (tertiary/aromatic N) is 4. The quantitative estimate of drug-likeness (QED) is 0.484. The minimum Gasteiger partial charge on any atom is -0.466 e. The van der Waals surface area contributed by atoms with Crippen LogP contribution < -0.4 is 0 Å². The third kappa shape index (κ3) is 3.33. The van der Waals surface area contributed by atoms with E-state index in [4.69, 9.17) is 16.3 Å². The van der Waals surface area contributed by atoms with Crippen LogP contribution in [0.4, 0.5) is 4.39 Å². The summed E-state index contributed by atoms with van der Waals surface area (Å²) in [5.74, 6) is -0.720. The average Bonchev–Trinajstić information content (AvgIpc) is 3.27. The maximum Gasteiger partial charge on any atom is 0.310 e. The van der Waals surface area contributed by atoms with E-state index in [0.29, 0.717) is 45.1 Å². The summed E-state index contributed by atoms with van der Waals surface area (Å²) >= 11 is 6.38. The number of aromatic nitrogens is 5. The summed E-state index contributed by atoms with van der Waals surface area (Å²) in [7, 11) is 0. The van der Waals surface area contributed by atoms with E-state index in [2.05, 4.69) is 19.9 Å². The van der Waals surface area contributed by atoms with Crippen LogP contribution in [0, 0.1) is 11.7 Å². The van der Waals surface area contributed by atoms with Gasteiger partial charge in [0.05, 0.1) is 29.1 Å². The molecule has 0 aliphatic heterocycles. The topological polar surface area (TPSA) is 85.7 Å². The van der Waals surface area contributed by atoms with Crippen molar-refractivity contribution < 1.29 is 13.9 Å². The van der Waals surface area contributed by atoms with Crippen LogP contribution in [-0.4, -0.2) is 37.1 Å². The molecule has 0 aliphatic carbocycles. The Bertz CT molecular complexity index is 1220. The Hall–Kier alpha value is -3.00. The number of hydrogen-bond acceptors (Lipinski definition) is 5. The molecule has 4 heterocycles. The van der Waals surface area contributed by atoms with Crippen LogP contribution >= 0.6 is 11.6 Å². The molecule has 2 atom stereocenters. The maximum absolute atomic E-state index is 13.7. The largest absolute Gasteiger partial charge is 0.466 e. The molecule has 7 nitrogen and oxygen atoms in total. The van der Waals surface area contributed by atoms with Crippen LogP contribution in [0.2, 0.25) is 5.02 Å². The van der Waals surface area contributed by atoms with Crippen molar-refractivity contribution in [3.63, 3.8) is 0 Å². The molecule has 0 fully saturated rings. The van der Waals surface area contributed by atoms with E-state index in [1.165, 1.54) is 6.07 Å². The fraction of sp³-hybridized carbons (Fsp3) is 0.300. The van der Waals surface area contributed by atoms with Crippen molar-refractivity contribution in [2.45, 2.75) is 26.8 Å². The number of fused-ring (bicyclic) bond motifs is 2. The number of carbonyl (C=O) groups is 1. The van der Waals surface area contributed by atoms with Gasteiger partial charge in [-0.3, -0.25) is 4.79 Å². The van der Waals surface area contributed by atoms with Gasteiger partial charge < -0.3 is 14.3 Å². The lowest BCUT2D eigenvalue weighted by molar-refractivity contribution is -0.148. The molecule has 150 valence electrons. The molecule has 0 saturated heterocycles. The van der Waals surface area contributed by atoms with Gasteiger partial charge in [-0.1, -0.05) is 11.6 Å². The normalized spacial score (nSPS) is 13.7. The number of carbonyl (C=O) groups excluding carboxylic acids is 1. The van der Waals surface area contributed by atoms with Crippen molar-refractivity contribution in [2.75, 3.05) is 6.61 Å². The Kier molecular flexibility index (Phi) is 4.96. The summed E-state index contributed by atoms with van der Waals surface area (Å²) in [6.07, 6.45) is 6.21. The van der Waals surface area contributed by atoms with Crippen LogP contribution in [0.5, 0.6) is 0 Å². The Balaban J connectivity index is 1.82. The zero-order valence-electron chi connectivity index (χ0n) is 16.1. The third-order valence-corrected chi connectivity index (χ3v) is 5.38. The number of aromatic amines is 1. The molecule has 0 aliphatic rings. The first-order chi connectivity index (χ1) is 13.9. The summed E-state index contributed by atoms with van der Waals surface area (Å²) in [6.45, 7) is 5.80. The van der Waals surface area contributed by atoms with Gasteiger partial charge in [0.1, 0.15) is 17.1 Å². The first-order valence-corrected chi connectivity index (χ1v) is 9.61. The van der Waals surface area contributed by atoms with Gasteiger partial charge in [0.25, 0.3) is 0 Å². The Morgan fingerprint density at radius 2 is 2.10 bits per heavy atom. The molecule has 0 bridgehead atoms. The second kappa shape index (κ2) is 7.44. The van der Waals surface area contributed by atoms with Crippen molar-refractivity contribution in [1.29, 1.82) is 0 Å². The molecule has 0 spiro atoms. The highest BCUT2D eigenvalue weighted by Crippen LogP contribution is 2.32. The van der Waals surface area contributed by atoms with Gasteiger partial charge in [0.15, 0.2) is 5.82 Å². The van der Waals surface area contributed by atoms with Crippen LogP contribution in [0.3, 0.4) is 0 Å². The van der Waals surface area contributed by atoms with Gasteiger partial charge in [-0.2, -0.15) is 0 Å². The molecule has 29 heavy (non-hydrogen) atoms. The molecule has 9 heteroatoms. The number of rotatable bonds is 5. The van der Waals surface area contributed by atoms with Crippen molar-refractivity contribution >= 4 is 39.6 Å². The van der Waals surface area contributed by atoms with Gasteiger partial charge in [-0.15, -0.1) is 0 Å². The Morgan fingerprint density at radius 1 is 1.31 bits per heavy atom. The Morgan fingerprint density at radius 3 is 2.86 bits per heavy atom. The van der Waals surface area contributed by atoms with Gasteiger partial charge >= 0.3 is 5.97 Å². The van der Waals surface area contributed by atoms with Gasteiger partial charge in [-0.05, 0) is 26.8 Å². The molecule has 4 rings (SSSR count). The summed E-state index contributed by atoms with van der Waals surface area (Å²) in [4.78, 5) is 28.3. The monoisotopic (exact) mass is 415 g/mol. The van der Waals surface area contributed by atoms with Crippen molar-refractivity contribution in [3.8, 4) is 11.4 Å². The third-order valence-electron chi connectivity index (χ3n) is 5.08. The predicted octanol–water partition coefficient (Wildman–Crippen LogP) is 4.53. The van der Waals surface area contributed by atoms with Crippen molar-refractivity contribution in [3.05, 3.63) is 41.7 Å². The van der Waals surface area contributed by atoms with E-state index in [1.807, 2.05) is 11.5 Å². The van der Waals surface area contributed by atoms with E-state index >= 15 is 0 Å². The zero-order chi connectivity index (χ0) is 20.7. The van der Waals surface area contributed by atoms with E-state index in [1.54, 1.807) is 32.4 Å². The van der Waals surface area contributed by atoms with Crippen LogP contribution in [0.15, 0.2) is 30.9 Å². The van der Waals surface area contributed by atoms with Crippen molar-refractivity contribution in [2.24, 2.45) is 5.92 Å². The second-order valence-corrected chi connectivity index (χ2v) is 7.26. The van der Waals surface area contributed by atoms with Crippen molar-refractivity contribution in [1.82, 2.24) is 24.5 Å². The number of halogens is 2. The molecule has 1 N–H and O–H groups in total. The van der Waals surface area contributed by atoms with Gasteiger partial charge in [0, 0.05) is 35.6 Å². The minimum absolute atomic E-state index is 0.242. The summed E-state index contributed by atoms with van der Waals surface area (Å²) in [6, 6.07) is 1.15. The highest BCUT2D eigenvalue weighted by atomic mass is 35.5. The van der Waals surface area contributed by atoms with E-state index < -0.39 is 11.7 Å². The molecule has 0 saturated carbocycles. The maximum atomic E-state index is 13.7. The first kappa shape index (κ1) is 19.3. The number of H-pyrrole nitrogens is 1. The molecular weight excluding hydrogens is 397 g/mol. The summed E-state index contributed by atoms with van der Waals surface area (Å²) in [5.41, 5.74) is 1.76. The molecule has 0 unspecified atom stereocenters. The summed E-state index contributed by atoms with van der Waals surface area (Å²) < 4.78 is 20.7. The zero-order valence-corrected chi connectivity index (χ0v) is 16.9. The number of ether oxygens (including phenoxy) is 1. The van der Waals surface area contributed by atoms with Crippen LogP contribution in [-0.2, 0) is 9.53 Å². The second-order valence-electron chi connectivity index (χ2n) is 6.85. The average molecular weight is 416 g/mol. The lowest BCUT2D eigenvalue weighted by Crippen LogP contribution is -2.24. The van der Waals surface area contributed by atoms with Crippen LogP contribution in [0.1, 0.15) is 26.8 Å². The van der Waals surface area contributed by atoms with E-state index in [9.17, 15) is 9.18 Å². The van der Waals surface area contributed by atoms with E-state index in [-0.39, 0.29) is 12.0 Å². The summed E-state index contributed by atoms with van der Waals surface area (Å²) in [5, 5.41) is 1.74. The highest BCUT2D eigenvalue weighted by Gasteiger charge is 2.25. The predicted molar refractivity (Wildman–Crippen MR) is 108 cm³/mol.